The third kappa shape index (κ3) is 8.61. The number of methoxy groups -OCH3 is 2. The molecule has 61 heavy (non-hydrogen) atoms. The maximum Gasteiger partial charge on any atom is 0.416 e. The molecule has 326 valence electrons. The lowest BCUT2D eigenvalue weighted by Crippen LogP contribution is -2.51. The van der Waals surface area contributed by atoms with Crippen LogP contribution in [0.2, 0.25) is 0 Å². The van der Waals surface area contributed by atoms with Gasteiger partial charge >= 0.3 is 17.9 Å². The smallest absolute Gasteiger partial charge is 0.416 e. The van der Waals surface area contributed by atoms with Crippen LogP contribution in [-0.2, 0) is 4.74 Å². The van der Waals surface area contributed by atoms with Crippen molar-refractivity contribution in [1.29, 1.82) is 0 Å². The highest BCUT2D eigenvalue weighted by Crippen LogP contribution is 2.44. The summed E-state index contributed by atoms with van der Waals surface area (Å²) in [6.07, 6.45) is -1.49. The Labute approximate surface area is 357 Å². The Balaban J connectivity index is 1.06. The number of carboxylic acid groups (broad SMARTS) is 1. The van der Waals surface area contributed by atoms with E-state index in [-0.39, 0.29) is 87.7 Å². The number of carbonyl (C=O) groups is 4. The van der Waals surface area contributed by atoms with E-state index < -0.39 is 53.5 Å². The largest absolute Gasteiger partial charge is 0.493 e. The van der Waals surface area contributed by atoms with Crippen LogP contribution >= 0.6 is 21.6 Å². The van der Waals surface area contributed by atoms with Crippen molar-refractivity contribution in [2.75, 3.05) is 56.9 Å². The molecule has 0 radical (unpaired) electrons. The first kappa shape index (κ1) is 43.4. The van der Waals surface area contributed by atoms with Gasteiger partial charge in [-0.05, 0) is 61.6 Å². The first-order chi connectivity index (χ1) is 29.3. The number of hydrogen-bond acceptors (Lipinski definition) is 16. The molecule has 0 bridgehead atoms. The van der Waals surface area contributed by atoms with Gasteiger partial charge < -0.3 is 48.8 Å². The molecule has 0 unspecified atom stereocenters. The van der Waals surface area contributed by atoms with E-state index in [9.17, 15) is 44.6 Å². The average Bonchev–Trinajstić information content (AvgIpc) is 3.93. The van der Waals surface area contributed by atoms with E-state index in [2.05, 4.69) is 4.98 Å². The van der Waals surface area contributed by atoms with Crippen molar-refractivity contribution < 1.29 is 63.1 Å². The molecule has 20 nitrogen and oxygen atoms in total. The van der Waals surface area contributed by atoms with Gasteiger partial charge in [0.25, 0.3) is 11.8 Å². The molecular weight excluding hydrogens is 841 g/mol. The van der Waals surface area contributed by atoms with Crippen LogP contribution in [-0.4, -0.2) is 136 Å². The molecule has 0 aliphatic carbocycles. The topological polar surface area (TPSA) is 244 Å². The van der Waals surface area contributed by atoms with Crippen molar-refractivity contribution in [3.63, 3.8) is 0 Å². The van der Waals surface area contributed by atoms with E-state index in [1.54, 1.807) is 6.92 Å². The van der Waals surface area contributed by atoms with Crippen LogP contribution in [0.1, 0.15) is 59.7 Å². The van der Waals surface area contributed by atoms with Crippen LogP contribution in [0.25, 0.3) is 0 Å². The number of nitrogens with zero attached hydrogens (tertiary/aromatic N) is 6. The Morgan fingerprint density at radius 3 is 1.95 bits per heavy atom. The number of hydrogen-bond donors (Lipinski definition) is 3. The summed E-state index contributed by atoms with van der Waals surface area (Å²) in [5.74, 6) is -0.196. The van der Waals surface area contributed by atoms with Gasteiger partial charge in [-0.1, -0.05) is 10.8 Å². The standard InChI is InChI=1S/C39H44N6O14S2/c1-21(60-61-33-24(45(53)54)8-4-11-40-33)20-59-39(52)44-28-19-32(30(56-3)17-23(28)35(47)42-13-6-10-26(42)37(44)49)58-15-7-14-57-31-18-27-22(16-29(31)55-2)34(46)41-12-5-9-25(41)36(48)43(27)38(50)51/h4,8,11,16-19,21,25-26,36-37,48-49H,5-7,9-10,12-15,20H2,1-3H3,(H,50,51)/t21-,25+,26+,36+,37+/m1/s1. The zero-order chi connectivity index (χ0) is 43.5. The predicted molar refractivity (Wildman–Crippen MR) is 220 cm³/mol. The van der Waals surface area contributed by atoms with Crippen LogP contribution in [0.3, 0.4) is 0 Å². The van der Waals surface area contributed by atoms with Crippen molar-refractivity contribution in [2.45, 2.75) is 73.8 Å². The molecule has 4 amide bonds. The number of carbonyl (C=O) groups excluding carboxylic acids is 3. The summed E-state index contributed by atoms with van der Waals surface area (Å²) < 4.78 is 28.9. The molecule has 0 saturated carbocycles. The monoisotopic (exact) mass is 884 g/mol. The Bertz CT molecular complexity index is 2200. The zero-order valence-electron chi connectivity index (χ0n) is 33.3. The molecule has 2 fully saturated rings. The van der Waals surface area contributed by atoms with Gasteiger partial charge in [0.15, 0.2) is 40.5 Å². The van der Waals surface area contributed by atoms with Gasteiger partial charge in [-0.25, -0.2) is 24.4 Å². The summed E-state index contributed by atoms with van der Waals surface area (Å²) in [7, 11) is 5.06. The molecule has 2 saturated heterocycles. The number of aliphatic hydroxyl groups is 2. The maximum atomic E-state index is 13.9. The lowest BCUT2D eigenvalue weighted by atomic mass is 10.1. The molecule has 4 aliphatic rings. The van der Waals surface area contributed by atoms with Crippen LogP contribution in [0, 0.1) is 10.1 Å². The van der Waals surface area contributed by atoms with Crippen molar-refractivity contribution in [2.24, 2.45) is 0 Å². The average molecular weight is 885 g/mol. The van der Waals surface area contributed by atoms with E-state index in [4.69, 9.17) is 23.7 Å². The number of ether oxygens (including phenoxy) is 5. The first-order valence-corrected chi connectivity index (χ1v) is 21.6. The number of aromatic nitrogens is 1. The van der Waals surface area contributed by atoms with Gasteiger partial charge in [-0.15, -0.1) is 0 Å². The minimum Gasteiger partial charge on any atom is -0.493 e. The molecule has 3 N–H and O–H groups in total. The van der Waals surface area contributed by atoms with E-state index in [1.165, 1.54) is 77.4 Å². The Morgan fingerprint density at radius 2 is 1.43 bits per heavy atom. The summed E-state index contributed by atoms with van der Waals surface area (Å²) in [6, 6.07) is 7.04. The Morgan fingerprint density at radius 1 is 0.885 bits per heavy atom. The number of anilines is 2. The molecule has 7 rings (SSSR count). The summed E-state index contributed by atoms with van der Waals surface area (Å²) in [6.45, 7) is 2.41. The number of rotatable bonds is 14. The predicted octanol–water partition coefficient (Wildman–Crippen LogP) is 4.98. The van der Waals surface area contributed by atoms with Gasteiger partial charge in [0.05, 0.1) is 66.9 Å². The highest BCUT2D eigenvalue weighted by Gasteiger charge is 2.47. The van der Waals surface area contributed by atoms with E-state index in [0.29, 0.717) is 38.8 Å². The second-order valence-corrected chi connectivity index (χ2v) is 17.1. The zero-order valence-corrected chi connectivity index (χ0v) is 35.0. The number of fused-ring (bicyclic) bond motifs is 4. The van der Waals surface area contributed by atoms with Crippen LogP contribution < -0.4 is 28.7 Å². The number of benzene rings is 2. The van der Waals surface area contributed by atoms with Crippen molar-refractivity contribution in [3.8, 4) is 23.0 Å². The number of aliphatic hydroxyl groups excluding tert-OH is 2. The summed E-state index contributed by atoms with van der Waals surface area (Å²) in [4.78, 5) is 73.4. The number of nitro groups is 1. The normalized spacial score (nSPS) is 21.1. The summed E-state index contributed by atoms with van der Waals surface area (Å²) >= 11 is 0. The fraction of sp³-hybridized carbons (Fsp3) is 0.462. The molecule has 5 heterocycles. The van der Waals surface area contributed by atoms with Crippen molar-refractivity contribution in [3.05, 3.63) is 63.8 Å². The molecule has 3 aromatic rings. The molecule has 22 heteroatoms. The minimum absolute atomic E-state index is 0.0219. The van der Waals surface area contributed by atoms with Gasteiger partial charge in [0.2, 0.25) is 0 Å². The minimum atomic E-state index is -1.49. The highest BCUT2D eigenvalue weighted by molar-refractivity contribution is 8.77. The Hall–Kier alpha value is -5.71. The third-order valence-corrected chi connectivity index (χ3v) is 13.5. The van der Waals surface area contributed by atoms with Crippen LogP contribution in [0.15, 0.2) is 47.6 Å². The fourth-order valence-corrected chi connectivity index (χ4v) is 9.91. The van der Waals surface area contributed by atoms with Gasteiger partial charge in [0.1, 0.15) is 6.61 Å². The summed E-state index contributed by atoms with van der Waals surface area (Å²) in [5.41, 5.74) is -0.0122. The Kier molecular flexibility index (Phi) is 13.2. The fourth-order valence-electron chi connectivity index (χ4n) is 7.88. The lowest BCUT2D eigenvalue weighted by molar-refractivity contribution is -0.388. The van der Waals surface area contributed by atoms with E-state index in [1.807, 2.05) is 0 Å². The van der Waals surface area contributed by atoms with Crippen LogP contribution in [0.5, 0.6) is 23.0 Å². The third-order valence-electron chi connectivity index (χ3n) is 10.8. The maximum absolute atomic E-state index is 13.9. The van der Waals surface area contributed by atoms with Gasteiger partial charge in [-0.2, -0.15) is 0 Å². The van der Waals surface area contributed by atoms with Crippen molar-refractivity contribution in [1.82, 2.24) is 14.8 Å². The molecule has 0 spiro atoms. The molecule has 2 aromatic carbocycles. The molecular formula is C39H44N6O14S2. The lowest BCUT2D eigenvalue weighted by Gasteiger charge is -2.32. The quantitative estimate of drug-likeness (QED) is 0.0836. The number of amides is 4. The van der Waals surface area contributed by atoms with E-state index >= 15 is 0 Å². The SMILES string of the molecule is COc1cc2c(cc1OCCCOc1cc3c(cc1OC)C(=O)N1CCC[C@H]1[C@H](O)N3C(=O)OC[C@@H](C)SSc1ncccc1[N+](=O)[O-])N(C(=O)O)[C@@H](O)[C@@H]1CCCN1C2=O. The van der Waals surface area contributed by atoms with Gasteiger partial charge in [0, 0.05) is 49.2 Å². The van der Waals surface area contributed by atoms with E-state index in [0.717, 1.165) is 20.6 Å². The molecule has 4 aliphatic heterocycles. The van der Waals surface area contributed by atoms with Crippen LogP contribution in [0.4, 0.5) is 26.7 Å². The van der Waals surface area contributed by atoms with Crippen molar-refractivity contribution >= 4 is 62.7 Å². The second-order valence-electron chi connectivity index (χ2n) is 14.5. The summed E-state index contributed by atoms with van der Waals surface area (Å²) in [5, 5.41) is 44.1. The molecule has 5 atom stereocenters. The number of pyridine rings is 1. The molecule has 1 aromatic heterocycles. The first-order valence-electron chi connectivity index (χ1n) is 19.4. The second kappa shape index (κ2) is 18.5. The highest BCUT2D eigenvalue weighted by atomic mass is 33.1. The van der Waals surface area contributed by atoms with Gasteiger partial charge in [-0.3, -0.25) is 19.7 Å².